The quantitative estimate of drug-likeness (QED) is 0.639. The van der Waals surface area contributed by atoms with Crippen molar-refractivity contribution in [3.05, 3.63) is 35.4 Å². The first-order valence-corrected chi connectivity index (χ1v) is 9.33. The van der Waals surface area contributed by atoms with Gasteiger partial charge in [0.25, 0.3) is 0 Å². The summed E-state index contributed by atoms with van der Waals surface area (Å²) in [7, 11) is 0. The van der Waals surface area contributed by atoms with Crippen molar-refractivity contribution in [2.45, 2.75) is 32.9 Å². The third kappa shape index (κ3) is 4.76. The number of ether oxygens (including phenoxy) is 2. The van der Waals surface area contributed by atoms with Crippen LogP contribution in [0.15, 0.2) is 34.1 Å². The van der Waals surface area contributed by atoms with Gasteiger partial charge in [0.1, 0.15) is 12.4 Å². The highest BCUT2D eigenvalue weighted by molar-refractivity contribution is 5.95. The van der Waals surface area contributed by atoms with Gasteiger partial charge in [-0.2, -0.15) is 0 Å². The number of likely N-dealkylation sites (tertiary alicyclic amines) is 1. The van der Waals surface area contributed by atoms with Crippen LogP contribution < -0.4 is 10.6 Å². The van der Waals surface area contributed by atoms with Gasteiger partial charge in [-0.1, -0.05) is 0 Å². The minimum absolute atomic E-state index is 0.0354. The largest absolute Gasteiger partial charge is 0.467 e. The molecule has 0 spiro atoms. The van der Waals surface area contributed by atoms with E-state index in [1.165, 1.54) is 11.2 Å². The van der Waals surface area contributed by atoms with Gasteiger partial charge < -0.3 is 29.4 Å². The smallest absolute Gasteiger partial charge is 0.338 e. The van der Waals surface area contributed by atoms with Crippen LogP contribution in [0, 0.1) is 5.92 Å². The number of rotatable bonds is 7. The number of amides is 3. The normalized spacial score (nSPS) is 21.7. The second kappa shape index (κ2) is 8.80. The second-order valence-electron chi connectivity index (χ2n) is 6.80. The molecule has 0 aromatic carbocycles. The summed E-state index contributed by atoms with van der Waals surface area (Å²) in [6.45, 7) is 3.68. The van der Waals surface area contributed by atoms with E-state index in [1.807, 2.05) is 0 Å². The number of urea groups is 1. The van der Waals surface area contributed by atoms with Crippen LogP contribution >= 0.6 is 0 Å². The lowest BCUT2D eigenvalue weighted by atomic mass is 10.0. The Balaban J connectivity index is 1.62. The van der Waals surface area contributed by atoms with E-state index in [9.17, 15) is 19.2 Å². The first-order valence-electron chi connectivity index (χ1n) is 9.33. The fraction of sp³-hybridized carbons (Fsp3) is 0.474. The van der Waals surface area contributed by atoms with E-state index in [4.69, 9.17) is 13.9 Å². The molecule has 1 saturated heterocycles. The maximum absolute atomic E-state index is 12.5. The molecule has 0 radical (unpaired) electrons. The van der Waals surface area contributed by atoms with Crippen LogP contribution in [0.2, 0.25) is 0 Å². The number of nitrogens with one attached hydrogen (secondary N) is 2. The van der Waals surface area contributed by atoms with E-state index < -0.39 is 29.9 Å². The van der Waals surface area contributed by atoms with E-state index >= 15 is 0 Å². The molecule has 2 N–H and O–H groups in total. The van der Waals surface area contributed by atoms with Crippen LogP contribution in [-0.2, 0) is 30.4 Å². The molecule has 3 amide bonds. The molecule has 0 bridgehead atoms. The van der Waals surface area contributed by atoms with E-state index in [0.717, 1.165) is 0 Å². The highest BCUT2D eigenvalue weighted by Gasteiger charge is 2.36. The Morgan fingerprint density at radius 2 is 2.10 bits per heavy atom. The molecule has 156 valence electrons. The first kappa shape index (κ1) is 20.4. The van der Waals surface area contributed by atoms with Crippen molar-refractivity contribution in [2.75, 3.05) is 19.8 Å². The maximum atomic E-state index is 12.5. The SMILES string of the molecule is CCOC(=O)C1=C(COC(=O)C2CC(=O)N(Cc3ccco3)C2)NC(=O)NC1C. The highest BCUT2D eigenvalue weighted by Crippen LogP contribution is 2.22. The molecule has 2 atom stereocenters. The lowest BCUT2D eigenvalue weighted by Crippen LogP contribution is -2.50. The van der Waals surface area contributed by atoms with Crippen molar-refractivity contribution in [2.24, 2.45) is 5.92 Å². The third-order valence-corrected chi connectivity index (χ3v) is 4.70. The molecule has 0 saturated carbocycles. The van der Waals surface area contributed by atoms with Crippen LogP contribution in [0.5, 0.6) is 0 Å². The Morgan fingerprint density at radius 3 is 2.79 bits per heavy atom. The second-order valence-corrected chi connectivity index (χ2v) is 6.80. The van der Waals surface area contributed by atoms with E-state index in [-0.39, 0.29) is 49.9 Å². The van der Waals surface area contributed by atoms with Gasteiger partial charge in [-0.05, 0) is 26.0 Å². The molecule has 1 aromatic rings. The fourth-order valence-electron chi connectivity index (χ4n) is 3.33. The van der Waals surface area contributed by atoms with Gasteiger partial charge in [0.2, 0.25) is 5.91 Å². The van der Waals surface area contributed by atoms with Crippen molar-refractivity contribution in [3.63, 3.8) is 0 Å². The predicted molar refractivity (Wildman–Crippen MR) is 98.0 cm³/mol. The highest BCUT2D eigenvalue weighted by atomic mass is 16.5. The zero-order chi connectivity index (χ0) is 21.0. The van der Waals surface area contributed by atoms with Crippen LogP contribution in [0.4, 0.5) is 4.79 Å². The summed E-state index contributed by atoms with van der Waals surface area (Å²) in [6, 6.07) is 2.39. The van der Waals surface area contributed by atoms with Gasteiger partial charge in [0.15, 0.2) is 0 Å². The van der Waals surface area contributed by atoms with Crippen LogP contribution in [-0.4, -0.2) is 54.6 Å². The standard InChI is InChI=1S/C19H23N3O7/c1-3-27-18(25)16-11(2)20-19(26)21-14(16)10-29-17(24)12-7-15(23)22(8-12)9-13-5-4-6-28-13/h4-6,11-12H,3,7-10H2,1-2H3,(H2,20,21,26). The zero-order valence-electron chi connectivity index (χ0n) is 16.2. The van der Waals surface area contributed by atoms with E-state index in [1.54, 1.807) is 26.0 Å². The van der Waals surface area contributed by atoms with Gasteiger partial charge >= 0.3 is 18.0 Å². The average Bonchev–Trinajstić information content (AvgIpc) is 3.30. The molecule has 2 aliphatic rings. The molecule has 2 aliphatic heterocycles. The van der Waals surface area contributed by atoms with E-state index in [0.29, 0.717) is 5.76 Å². The summed E-state index contributed by atoms with van der Waals surface area (Å²) in [5.41, 5.74) is 0.367. The topological polar surface area (TPSA) is 127 Å². The fourth-order valence-corrected chi connectivity index (χ4v) is 3.33. The number of nitrogens with zero attached hydrogens (tertiary/aromatic N) is 1. The van der Waals surface area contributed by atoms with Gasteiger partial charge in [0, 0.05) is 13.0 Å². The Kier molecular flexibility index (Phi) is 6.20. The third-order valence-electron chi connectivity index (χ3n) is 4.70. The lowest BCUT2D eigenvalue weighted by Gasteiger charge is -2.26. The van der Waals surface area contributed by atoms with Crippen LogP contribution in [0.25, 0.3) is 0 Å². The van der Waals surface area contributed by atoms with Gasteiger partial charge in [-0.3, -0.25) is 9.59 Å². The molecule has 10 heteroatoms. The average molecular weight is 405 g/mol. The van der Waals surface area contributed by atoms with Crippen molar-refractivity contribution < 1.29 is 33.1 Å². The van der Waals surface area contributed by atoms with Crippen LogP contribution in [0.1, 0.15) is 26.0 Å². The molecule has 1 aromatic heterocycles. The molecule has 1 fully saturated rings. The number of carbonyl (C=O) groups excluding carboxylic acids is 4. The lowest BCUT2D eigenvalue weighted by molar-refractivity contribution is -0.148. The van der Waals surface area contributed by atoms with Gasteiger partial charge in [0.05, 0.1) is 42.6 Å². The van der Waals surface area contributed by atoms with Crippen molar-refractivity contribution >= 4 is 23.9 Å². The number of hydrogen-bond acceptors (Lipinski definition) is 7. The Bertz CT molecular complexity index is 831. The molecule has 3 heterocycles. The summed E-state index contributed by atoms with van der Waals surface area (Å²) in [5, 5.41) is 5.06. The number of hydrogen-bond donors (Lipinski definition) is 2. The van der Waals surface area contributed by atoms with Crippen molar-refractivity contribution in [1.29, 1.82) is 0 Å². The summed E-state index contributed by atoms with van der Waals surface area (Å²) >= 11 is 0. The zero-order valence-corrected chi connectivity index (χ0v) is 16.2. The summed E-state index contributed by atoms with van der Waals surface area (Å²) < 4.78 is 15.6. The van der Waals surface area contributed by atoms with Gasteiger partial charge in [-0.25, -0.2) is 9.59 Å². The minimum atomic E-state index is -0.626. The monoisotopic (exact) mass is 405 g/mol. The molecule has 0 aliphatic carbocycles. The molecule has 10 nitrogen and oxygen atoms in total. The summed E-state index contributed by atoms with van der Waals surface area (Å²) in [4.78, 5) is 50.1. The Labute approximate surface area is 167 Å². The Hall–Kier alpha value is -3.30. The minimum Gasteiger partial charge on any atom is -0.467 e. The summed E-state index contributed by atoms with van der Waals surface area (Å²) in [6.07, 6.45) is 1.55. The molecular weight excluding hydrogens is 382 g/mol. The maximum Gasteiger partial charge on any atom is 0.338 e. The molecule has 3 rings (SSSR count). The van der Waals surface area contributed by atoms with Gasteiger partial charge in [-0.15, -0.1) is 0 Å². The van der Waals surface area contributed by atoms with Crippen molar-refractivity contribution in [3.8, 4) is 0 Å². The van der Waals surface area contributed by atoms with E-state index in [2.05, 4.69) is 10.6 Å². The first-order chi connectivity index (χ1) is 13.9. The van der Waals surface area contributed by atoms with Crippen molar-refractivity contribution in [1.82, 2.24) is 15.5 Å². The predicted octanol–water partition coefficient (Wildman–Crippen LogP) is 0.690. The summed E-state index contributed by atoms with van der Waals surface area (Å²) in [5.74, 6) is -1.34. The van der Waals surface area contributed by atoms with Crippen LogP contribution in [0.3, 0.4) is 0 Å². The molecule has 29 heavy (non-hydrogen) atoms. The molecular formula is C19H23N3O7. The Morgan fingerprint density at radius 1 is 1.31 bits per heavy atom. The number of furan rings is 1. The molecule has 2 unspecified atom stereocenters. The number of esters is 2. The number of carbonyl (C=O) groups is 4.